The van der Waals surface area contributed by atoms with Gasteiger partial charge in [-0.25, -0.2) is 4.18 Å². The van der Waals surface area contributed by atoms with Crippen molar-refractivity contribution in [1.82, 2.24) is 5.32 Å². The van der Waals surface area contributed by atoms with E-state index in [2.05, 4.69) is 21.4 Å². The lowest BCUT2D eigenvalue weighted by Gasteiger charge is -2.28. The molecule has 4 atom stereocenters. The summed E-state index contributed by atoms with van der Waals surface area (Å²) in [5, 5.41) is 34.6. The number of Topliss-reactive ketones (excluding diaryl/α,β-unsaturated/α-hetero) is 1. The average molecular weight is 446 g/mol. The molecule has 0 saturated heterocycles. The van der Waals surface area contributed by atoms with E-state index in [4.69, 9.17) is 4.55 Å². The lowest BCUT2D eigenvalue weighted by atomic mass is 9.94. The van der Waals surface area contributed by atoms with Gasteiger partial charge in [-0.2, -0.15) is 8.42 Å². The van der Waals surface area contributed by atoms with Crippen molar-refractivity contribution in [2.24, 2.45) is 0 Å². The van der Waals surface area contributed by atoms with Crippen LogP contribution in [-0.4, -0.2) is 76.8 Å². The summed E-state index contributed by atoms with van der Waals surface area (Å²) in [6.45, 7) is 3.23. The molecular formula is C17H22N2O10S. The summed E-state index contributed by atoms with van der Waals surface area (Å²) < 4.78 is 33.5. The SMILES string of the molecule is C=CC(=O)Nc1ccc(C(=O)[C@H](NC(C)=O)[C@@H](O)[C@H](O)[C@H](O)COS(=O)(=O)O)cc1. The lowest BCUT2D eigenvalue weighted by Crippen LogP contribution is -2.56. The van der Waals surface area contributed by atoms with Gasteiger partial charge in [-0.1, -0.05) is 6.58 Å². The third kappa shape index (κ3) is 7.98. The average Bonchev–Trinajstić information content (AvgIpc) is 2.68. The molecule has 0 unspecified atom stereocenters. The molecule has 1 aromatic carbocycles. The van der Waals surface area contributed by atoms with Crippen LogP contribution in [0.5, 0.6) is 0 Å². The Morgan fingerprint density at radius 2 is 1.70 bits per heavy atom. The highest BCUT2D eigenvalue weighted by molar-refractivity contribution is 7.80. The predicted octanol–water partition coefficient (Wildman–Crippen LogP) is -1.60. The van der Waals surface area contributed by atoms with Gasteiger partial charge in [0, 0.05) is 18.2 Å². The first kappa shape index (κ1) is 25.4. The number of anilines is 1. The molecule has 0 aliphatic heterocycles. The molecule has 0 aromatic heterocycles. The van der Waals surface area contributed by atoms with Crippen LogP contribution in [0.2, 0.25) is 0 Å². The highest BCUT2D eigenvalue weighted by Crippen LogP contribution is 2.15. The van der Waals surface area contributed by atoms with E-state index in [-0.39, 0.29) is 5.56 Å². The minimum atomic E-state index is -4.92. The molecule has 1 aromatic rings. The number of amides is 2. The molecule has 1 rings (SSSR count). The Balaban J connectivity index is 3.01. The van der Waals surface area contributed by atoms with Crippen molar-refractivity contribution in [3.8, 4) is 0 Å². The first-order chi connectivity index (χ1) is 13.9. The van der Waals surface area contributed by atoms with Crippen LogP contribution in [0, 0.1) is 0 Å². The highest BCUT2D eigenvalue weighted by Gasteiger charge is 2.37. The van der Waals surface area contributed by atoms with E-state index in [1.54, 1.807) is 0 Å². The van der Waals surface area contributed by atoms with Gasteiger partial charge in [-0.05, 0) is 30.3 Å². The Kier molecular flexibility index (Phi) is 9.22. The van der Waals surface area contributed by atoms with E-state index < -0.39 is 59.0 Å². The van der Waals surface area contributed by atoms with E-state index in [1.165, 1.54) is 24.3 Å². The number of hydrogen-bond donors (Lipinski definition) is 6. The molecule has 0 aliphatic rings. The van der Waals surface area contributed by atoms with E-state index in [1.807, 2.05) is 0 Å². The number of aliphatic hydroxyl groups excluding tert-OH is 3. The molecule has 0 aliphatic carbocycles. The molecule has 12 nitrogen and oxygen atoms in total. The first-order valence-electron chi connectivity index (χ1n) is 8.36. The van der Waals surface area contributed by atoms with Gasteiger partial charge < -0.3 is 26.0 Å². The van der Waals surface area contributed by atoms with Crippen LogP contribution in [-0.2, 0) is 24.2 Å². The standard InChI is InChI=1S/C17H22N2O10S/c1-3-13(22)19-11-6-4-10(5-7-11)15(23)14(18-9(2)20)17(25)16(24)12(21)8-29-30(26,27)28/h3-7,12,14,16-17,21,24-25H,1,8H2,2H3,(H,18,20)(H,19,22)(H,26,27,28)/t12-,14+,16-,17-/m1/s1. The molecule has 13 heteroatoms. The molecule has 0 bridgehead atoms. The lowest BCUT2D eigenvalue weighted by molar-refractivity contribution is -0.122. The Bertz CT molecular complexity index is 884. The summed E-state index contributed by atoms with van der Waals surface area (Å²) >= 11 is 0. The summed E-state index contributed by atoms with van der Waals surface area (Å²) in [5.74, 6) is -2.07. The van der Waals surface area contributed by atoms with Crippen LogP contribution in [0.1, 0.15) is 17.3 Å². The van der Waals surface area contributed by atoms with Gasteiger partial charge in [0.2, 0.25) is 11.8 Å². The first-order valence-corrected chi connectivity index (χ1v) is 9.73. The van der Waals surface area contributed by atoms with Crippen molar-refractivity contribution in [1.29, 1.82) is 0 Å². The predicted molar refractivity (Wildman–Crippen MR) is 103 cm³/mol. The minimum Gasteiger partial charge on any atom is -0.388 e. The smallest absolute Gasteiger partial charge is 0.388 e. The van der Waals surface area contributed by atoms with Crippen molar-refractivity contribution in [2.45, 2.75) is 31.3 Å². The largest absolute Gasteiger partial charge is 0.397 e. The number of nitrogens with one attached hydrogen (secondary N) is 2. The summed E-state index contributed by atoms with van der Waals surface area (Å²) in [6, 6.07) is 3.60. The summed E-state index contributed by atoms with van der Waals surface area (Å²) in [6.07, 6.45) is -5.18. The Morgan fingerprint density at radius 3 is 2.17 bits per heavy atom. The van der Waals surface area contributed by atoms with Crippen LogP contribution in [0.3, 0.4) is 0 Å². The van der Waals surface area contributed by atoms with Gasteiger partial charge in [0.1, 0.15) is 24.4 Å². The zero-order valence-corrected chi connectivity index (χ0v) is 16.6. The Hall–Kier alpha value is -2.68. The number of benzene rings is 1. The van der Waals surface area contributed by atoms with Gasteiger partial charge in [-0.3, -0.25) is 18.9 Å². The maximum absolute atomic E-state index is 12.7. The number of ketones is 1. The molecule has 0 heterocycles. The molecule has 6 N–H and O–H groups in total. The minimum absolute atomic E-state index is 0.0136. The van der Waals surface area contributed by atoms with E-state index in [0.29, 0.717) is 5.69 Å². The fourth-order valence-electron chi connectivity index (χ4n) is 2.29. The Labute approximate surface area is 172 Å². The second-order valence-corrected chi connectivity index (χ2v) is 7.17. The van der Waals surface area contributed by atoms with E-state index in [9.17, 15) is 38.1 Å². The number of carbonyl (C=O) groups is 3. The zero-order valence-electron chi connectivity index (χ0n) is 15.8. The molecule has 0 saturated carbocycles. The van der Waals surface area contributed by atoms with Gasteiger partial charge >= 0.3 is 10.4 Å². The maximum Gasteiger partial charge on any atom is 0.397 e. The normalized spacial score (nSPS) is 15.4. The van der Waals surface area contributed by atoms with Crippen LogP contribution in [0.4, 0.5) is 5.69 Å². The van der Waals surface area contributed by atoms with Crippen molar-refractivity contribution in [3.05, 3.63) is 42.5 Å². The molecular weight excluding hydrogens is 424 g/mol. The van der Waals surface area contributed by atoms with Crippen LogP contribution in [0.25, 0.3) is 0 Å². The van der Waals surface area contributed by atoms with Crippen molar-refractivity contribution < 1.29 is 46.9 Å². The van der Waals surface area contributed by atoms with Gasteiger partial charge in [0.25, 0.3) is 0 Å². The third-order valence-corrected chi connectivity index (χ3v) is 4.17. The van der Waals surface area contributed by atoms with Crippen molar-refractivity contribution in [3.63, 3.8) is 0 Å². The van der Waals surface area contributed by atoms with E-state index in [0.717, 1.165) is 13.0 Å². The highest BCUT2D eigenvalue weighted by atomic mass is 32.3. The zero-order chi connectivity index (χ0) is 23.1. The number of carbonyl (C=O) groups excluding carboxylic acids is 3. The third-order valence-electron chi connectivity index (χ3n) is 3.74. The van der Waals surface area contributed by atoms with Gasteiger partial charge in [0.05, 0.1) is 6.61 Å². The summed E-state index contributed by atoms with van der Waals surface area (Å²) in [7, 11) is -4.92. The van der Waals surface area contributed by atoms with Crippen molar-refractivity contribution in [2.75, 3.05) is 11.9 Å². The molecule has 0 radical (unpaired) electrons. The Morgan fingerprint density at radius 1 is 1.13 bits per heavy atom. The van der Waals surface area contributed by atoms with Gasteiger partial charge in [0.15, 0.2) is 5.78 Å². The molecule has 0 fully saturated rings. The van der Waals surface area contributed by atoms with Crippen LogP contribution < -0.4 is 10.6 Å². The summed E-state index contributed by atoms with van der Waals surface area (Å²) in [5.41, 5.74) is 0.325. The molecule has 0 spiro atoms. The van der Waals surface area contributed by atoms with Crippen LogP contribution in [0.15, 0.2) is 36.9 Å². The van der Waals surface area contributed by atoms with Crippen LogP contribution >= 0.6 is 0 Å². The second-order valence-electron chi connectivity index (χ2n) is 6.07. The van der Waals surface area contributed by atoms with E-state index >= 15 is 0 Å². The molecule has 2 amide bonds. The van der Waals surface area contributed by atoms with Gasteiger partial charge in [-0.15, -0.1) is 0 Å². The monoisotopic (exact) mass is 446 g/mol. The number of aliphatic hydroxyl groups is 3. The summed E-state index contributed by atoms with van der Waals surface area (Å²) in [4.78, 5) is 35.4. The number of hydrogen-bond acceptors (Lipinski definition) is 9. The molecule has 166 valence electrons. The fourth-order valence-corrected chi connectivity index (χ4v) is 2.61. The maximum atomic E-state index is 12.7. The van der Waals surface area contributed by atoms with Crippen molar-refractivity contribution >= 4 is 33.7 Å². The fraction of sp³-hybridized carbons (Fsp3) is 0.353. The molecule has 30 heavy (non-hydrogen) atoms. The number of rotatable bonds is 11. The topological polar surface area (TPSA) is 200 Å². The second kappa shape index (κ2) is 10.9. The quantitative estimate of drug-likeness (QED) is 0.131.